The summed E-state index contributed by atoms with van der Waals surface area (Å²) in [7, 11) is 0. The van der Waals surface area contributed by atoms with E-state index in [1.807, 2.05) is 18.2 Å². The molecular formula is C12H11BrClNS. The Morgan fingerprint density at radius 3 is 2.88 bits per heavy atom. The normalized spacial score (nSPS) is 10.4. The Hall–Kier alpha value is -0.510. The highest BCUT2D eigenvalue weighted by Crippen LogP contribution is 2.23. The van der Waals surface area contributed by atoms with E-state index >= 15 is 0 Å². The maximum absolute atomic E-state index is 5.96. The second-order valence-electron chi connectivity index (χ2n) is 3.57. The molecule has 4 heteroatoms. The molecule has 84 valence electrons. The quantitative estimate of drug-likeness (QED) is 0.832. The van der Waals surface area contributed by atoms with Gasteiger partial charge in [-0.05, 0) is 57.6 Å². The third kappa shape index (κ3) is 3.00. The van der Waals surface area contributed by atoms with Crippen molar-refractivity contribution in [3.05, 3.63) is 49.6 Å². The van der Waals surface area contributed by atoms with Crippen LogP contribution in [0, 0.1) is 6.92 Å². The molecule has 1 aromatic heterocycles. The molecule has 0 spiro atoms. The van der Waals surface area contributed by atoms with Gasteiger partial charge in [-0.15, -0.1) is 11.3 Å². The Labute approximate surface area is 113 Å². The molecule has 0 aliphatic heterocycles. The fraction of sp³-hybridized carbons (Fsp3) is 0.167. The fourth-order valence-electron chi connectivity index (χ4n) is 1.42. The number of thiophene rings is 1. The van der Waals surface area contributed by atoms with Crippen molar-refractivity contribution in [1.29, 1.82) is 0 Å². The number of anilines is 1. The van der Waals surface area contributed by atoms with Gasteiger partial charge >= 0.3 is 0 Å². The van der Waals surface area contributed by atoms with Crippen LogP contribution in [0.4, 0.5) is 5.69 Å². The van der Waals surface area contributed by atoms with Crippen molar-refractivity contribution in [2.75, 3.05) is 5.32 Å². The molecule has 0 saturated carbocycles. The molecule has 0 aliphatic carbocycles. The Morgan fingerprint density at radius 2 is 2.19 bits per heavy atom. The molecule has 1 nitrogen and oxygen atoms in total. The number of hydrogen-bond acceptors (Lipinski definition) is 2. The van der Waals surface area contributed by atoms with Gasteiger partial charge in [-0.25, -0.2) is 0 Å². The molecule has 16 heavy (non-hydrogen) atoms. The molecule has 1 N–H and O–H groups in total. The molecule has 0 unspecified atom stereocenters. The fourth-order valence-corrected chi connectivity index (χ4v) is 2.80. The maximum atomic E-state index is 5.96. The van der Waals surface area contributed by atoms with Crippen molar-refractivity contribution in [2.24, 2.45) is 0 Å². The Balaban J connectivity index is 2.07. The Bertz CT molecular complexity index is 496. The summed E-state index contributed by atoms with van der Waals surface area (Å²) < 4.78 is 1.16. The SMILES string of the molecule is Cc1ccc(Cl)cc1NCc1csc(Br)c1. The van der Waals surface area contributed by atoms with Gasteiger partial charge in [-0.3, -0.25) is 0 Å². The molecule has 2 rings (SSSR count). The third-order valence-corrected chi connectivity index (χ3v) is 4.09. The molecule has 1 aromatic carbocycles. The minimum Gasteiger partial charge on any atom is -0.381 e. The van der Waals surface area contributed by atoms with E-state index in [-0.39, 0.29) is 0 Å². The topological polar surface area (TPSA) is 12.0 Å². The molecule has 2 aromatic rings. The molecule has 0 fully saturated rings. The van der Waals surface area contributed by atoms with Crippen molar-refractivity contribution in [3.8, 4) is 0 Å². The summed E-state index contributed by atoms with van der Waals surface area (Å²) >= 11 is 11.1. The highest BCUT2D eigenvalue weighted by Gasteiger charge is 2.01. The van der Waals surface area contributed by atoms with E-state index in [4.69, 9.17) is 11.6 Å². The first kappa shape index (κ1) is 12.0. The average molecular weight is 317 g/mol. The van der Waals surface area contributed by atoms with Crippen molar-refractivity contribution < 1.29 is 0 Å². The van der Waals surface area contributed by atoms with Crippen LogP contribution < -0.4 is 5.32 Å². The summed E-state index contributed by atoms with van der Waals surface area (Å²) in [6.07, 6.45) is 0. The van der Waals surface area contributed by atoms with E-state index in [2.05, 4.69) is 39.6 Å². The second-order valence-corrected chi connectivity index (χ2v) is 6.30. The molecule has 0 bridgehead atoms. The standard InChI is InChI=1S/C12H11BrClNS/c1-8-2-3-10(14)5-11(8)15-6-9-4-12(13)16-7-9/h2-5,7,15H,6H2,1H3. The van der Waals surface area contributed by atoms with Crippen LogP contribution in [-0.4, -0.2) is 0 Å². The molecule has 0 saturated heterocycles. The lowest BCUT2D eigenvalue weighted by Gasteiger charge is -2.08. The summed E-state index contributed by atoms with van der Waals surface area (Å²) in [6, 6.07) is 8.01. The first-order valence-corrected chi connectivity index (χ1v) is 6.93. The molecule has 0 radical (unpaired) electrons. The lowest BCUT2D eigenvalue weighted by molar-refractivity contribution is 1.15. The number of benzene rings is 1. The van der Waals surface area contributed by atoms with Crippen LogP contribution >= 0.6 is 38.9 Å². The van der Waals surface area contributed by atoms with Gasteiger partial charge < -0.3 is 5.32 Å². The van der Waals surface area contributed by atoms with Crippen LogP contribution in [0.2, 0.25) is 5.02 Å². The minimum atomic E-state index is 0.764. The summed E-state index contributed by atoms with van der Waals surface area (Å²) in [6.45, 7) is 2.89. The largest absolute Gasteiger partial charge is 0.381 e. The van der Waals surface area contributed by atoms with E-state index in [1.54, 1.807) is 11.3 Å². The molecule has 1 heterocycles. The van der Waals surface area contributed by atoms with E-state index in [1.165, 1.54) is 11.1 Å². The van der Waals surface area contributed by atoms with Gasteiger partial charge in [-0.2, -0.15) is 0 Å². The number of rotatable bonds is 3. The van der Waals surface area contributed by atoms with E-state index in [0.29, 0.717) is 0 Å². The third-order valence-electron chi connectivity index (χ3n) is 2.30. The maximum Gasteiger partial charge on any atom is 0.0701 e. The number of nitrogens with one attached hydrogen (secondary N) is 1. The van der Waals surface area contributed by atoms with E-state index in [0.717, 1.165) is 21.0 Å². The van der Waals surface area contributed by atoms with Crippen molar-refractivity contribution in [3.63, 3.8) is 0 Å². The van der Waals surface area contributed by atoms with Crippen LogP contribution in [0.5, 0.6) is 0 Å². The van der Waals surface area contributed by atoms with Gasteiger partial charge in [0.2, 0.25) is 0 Å². The highest BCUT2D eigenvalue weighted by molar-refractivity contribution is 9.11. The number of halogens is 2. The lowest BCUT2D eigenvalue weighted by Crippen LogP contribution is -1.99. The van der Waals surface area contributed by atoms with Gasteiger partial charge in [-0.1, -0.05) is 17.7 Å². The predicted octanol–water partition coefficient (Wildman–Crippen LogP) is 5.08. The van der Waals surface area contributed by atoms with Gasteiger partial charge in [0.15, 0.2) is 0 Å². The summed E-state index contributed by atoms with van der Waals surface area (Å²) in [5.41, 5.74) is 3.57. The zero-order valence-corrected chi connectivity index (χ0v) is 11.9. The van der Waals surface area contributed by atoms with Crippen molar-refractivity contribution in [1.82, 2.24) is 0 Å². The van der Waals surface area contributed by atoms with Crippen LogP contribution in [-0.2, 0) is 6.54 Å². The van der Waals surface area contributed by atoms with Gasteiger partial charge in [0, 0.05) is 17.3 Å². The first-order chi connectivity index (χ1) is 7.65. The molecule has 0 amide bonds. The summed E-state index contributed by atoms with van der Waals surface area (Å²) in [5, 5.41) is 6.28. The molecule has 0 atom stereocenters. The monoisotopic (exact) mass is 315 g/mol. The van der Waals surface area contributed by atoms with Crippen LogP contribution in [0.25, 0.3) is 0 Å². The lowest BCUT2D eigenvalue weighted by atomic mass is 10.2. The van der Waals surface area contributed by atoms with E-state index < -0.39 is 0 Å². The highest BCUT2D eigenvalue weighted by atomic mass is 79.9. The minimum absolute atomic E-state index is 0.764. The molecule has 0 aliphatic rings. The zero-order chi connectivity index (χ0) is 11.5. The second kappa shape index (κ2) is 5.21. The van der Waals surface area contributed by atoms with Crippen LogP contribution in [0.15, 0.2) is 33.4 Å². The van der Waals surface area contributed by atoms with Crippen LogP contribution in [0.1, 0.15) is 11.1 Å². The predicted molar refractivity (Wildman–Crippen MR) is 75.5 cm³/mol. The van der Waals surface area contributed by atoms with Gasteiger partial charge in [0.25, 0.3) is 0 Å². The average Bonchev–Trinajstić information content (AvgIpc) is 2.66. The van der Waals surface area contributed by atoms with E-state index in [9.17, 15) is 0 Å². The zero-order valence-electron chi connectivity index (χ0n) is 8.76. The number of aryl methyl sites for hydroxylation is 1. The van der Waals surface area contributed by atoms with Gasteiger partial charge in [0.1, 0.15) is 0 Å². The Kier molecular flexibility index (Phi) is 3.90. The van der Waals surface area contributed by atoms with Gasteiger partial charge in [0.05, 0.1) is 3.79 Å². The van der Waals surface area contributed by atoms with Crippen molar-refractivity contribution in [2.45, 2.75) is 13.5 Å². The Morgan fingerprint density at radius 1 is 1.38 bits per heavy atom. The first-order valence-electron chi connectivity index (χ1n) is 4.88. The van der Waals surface area contributed by atoms with Crippen LogP contribution in [0.3, 0.4) is 0 Å². The summed E-state index contributed by atoms with van der Waals surface area (Å²) in [5.74, 6) is 0. The smallest absolute Gasteiger partial charge is 0.0701 e. The number of hydrogen-bond donors (Lipinski definition) is 1. The molecular weight excluding hydrogens is 306 g/mol. The summed E-state index contributed by atoms with van der Waals surface area (Å²) in [4.78, 5) is 0. The van der Waals surface area contributed by atoms with Crippen molar-refractivity contribution >= 4 is 44.6 Å².